The zero-order valence-electron chi connectivity index (χ0n) is 13.7. The fraction of sp³-hybridized carbons (Fsp3) is 0.300. The number of Topliss-reactive ketones (excluding diaryl/α,β-unsaturated/α-hetero) is 1. The van der Waals surface area contributed by atoms with Gasteiger partial charge in [-0.1, -0.05) is 54.1 Å². The molecule has 4 heteroatoms. The molecule has 1 unspecified atom stereocenters. The smallest absolute Gasteiger partial charge is 0.313 e. The third-order valence-electron chi connectivity index (χ3n) is 4.01. The molecule has 0 fully saturated rings. The summed E-state index contributed by atoms with van der Waals surface area (Å²) in [5.74, 6) is -0.608. The molecule has 2 aromatic carbocycles. The van der Waals surface area contributed by atoms with Gasteiger partial charge in [-0.05, 0) is 36.1 Å². The van der Waals surface area contributed by atoms with E-state index < -0.39 is 5.92 Å². The Morgan fingerprint density at radius 1 is 1.00 bits per heavy atom. The van der Waals surface area contributed by atoms with Crippen LogP contribution in [0.3, 0.4) is 0 Å². The number of methoxy groups -OCH3 is 1. The third kappa shape index (κ3) is 5.50. The topological polar surface area (TPSA) is 43.4 Å². The Balaban J connectivity index is 1.91. The summed E-state index contributed by atoms with van der Waals surface area (Å²) in [4.78, 5) is 24.2. The molecule has 0 spiro atoms. The van der Waals surface area contributed by atoms with E-state index in [1.54, 1.807) is 24.3 Å². The van der Waals surface area contributed by atoms with E-state index >= 15 is 0 Å². The zero-order chi connectivity index (χ0) is 17.4. The minimum Gasteiger partial charge on any atom is -0.469 e. The average Bonchev–Trinajstić information content (AvgIpc) is 2.62. The molecule has 0 aliphatic carbocycles. The first-order valence-electron chi connectivity index (χ1n) is 7.99. The Bertz CT molecular complexity index is 665. The van der Waals surface area contributed by atoms with Crippen LogP contribution >= 0.6 is 11.6 Å². The van der Waals surface area contributed by atoms with E-state index in [0.717, 1.165) is 17.5 Å². The molecule has 0 saturated heterocycles. The van der Waals surface area contributed by atoms with Crippen molar-refractivity contribution in [2.45, 2.75) is 31.6 Å². The number of aryl methyl sites for hydroxylation is 1. The molecule has 0 aliphatic heterocycles. The Morgan fingerprint density at radius 3 is 2.29 bits per heavy atom. The molecule has 0 bridgehead atoms. The maximum Gasteiger partial charge on any atom is 0.313 e. The minimum absolute atomic E-state index is 0.154. The van der Waals surface area contributed by atoms with Crippen LogP contribution in [-0.4, -0.2) is 18.9 Å². The first-order chi connectivity index (χ1) is 11.6. The predicted molar refractivity (Wildman–Crippen MR) is 95.2 cm³/mol. The third-order valence-corrected chi connectivity index (χ3v) is 4.26. The number of ether oxygens (including phenoxy) is 1. The van der Waals surface area contributed by atoms with Crippen LogP contribution in [0.4, 0.5) is 0 Å². The van der Waals surface area contributed by atoms with Crippen molar-refractivity contribution >= 4 is 23.4 Å². The Labute approximate surface area is 147 Å². The van der Waals surface area contributed by atoms with Crippen LogP contribution in [0.25, 0.3) is 0 Å². The van der Waals surface area contributed by atoms with Crippen molar-refractivity contribution in [3.8, 4) is 0 Å². The lowest BCUT2D eigenvalue weighted by Gasteiger charge is -2.14. The molecule has 0 aromatic heterocycles. The molecule has 0 radical (unpaired) electrons. The lowest BCUT2D eigenvalue weighted by Crippen LogP contribution is -2.16. The largest absolute Gasteiger partial charge is 0.469 e. The van der Waals surface area contributed by atoms with E-state index in [1.807, 2.05) is 30.3 Å². The minimum atomic E-state index is -0.437. The molecule has 0 amide bonds. The van der Waals surface area contributed by atoms with Crippen LogP contribution in [0.15, 0.2) is 54.6 Å². The first kappa shape index (κ1) is 18.2. The number of benzene rings is 2. The van der Waals surface area contributed by atoms with Crippen LogP contribution in [0.1, 0.15) is 36.3 Å². The summed E-state index contributed by atoms with van der Waals surface area (Å²) >= 11 is 5.89. The van der Waals surface area contributed by atoms with Crippen molar-refractivity contribution in [2.24, 2.45) is 0 Å². The van der Waals surface area contributed by atoms with Crippen molar-refractivity contribution in [1.82, 2.24) is 0 Å². The highest BCUT2D eigenvalue weighted by molar-refractivity contribution is 6.30. The van der Waals surface area contributed by atoms with Gasteiger partial charge in [0.05, 0.1) is 13.0 Å². The molecule has 0 aliphatic rings. The summed E-state index contributed by atoms with van der Waals surface area (Å²) in [5, 5.41) is 0.612. The van der Waals surface area contributed by atoms with Gasteiger partial charge in [-0.25, -0.2) is 0 Å². The number of ketones is 1. The summed E-state index contributed by atoms with van der Waals surface area (Å²) < 4.78 is 4.88. The number of hydrogen-bond acceptors (Lipinski definition) is 3. The zero-order valence-corrected chi connectivity index (χ0v) is 14.5. The molecule has 0 heterocycles. The van der Waals surface area contributed by atoms with Crippen LogP contribution in [0, 0.1) is 0 Å². The van der Waals surface area contributed by atoms with Crippen LogP contribution in [0.5, 0.6) is 0 Å². The molecular formula is C20H21ClO3. The van der Waals surface area contributed by atoms with Crippen LogP contribution in [-0.2, 0) is 20.7 Å². The Hall–Kier alpha value is -2.13. The highest BCUT2D eigenvalue weighted by Crippen LogP contribution is 2.25. The molecular weight excluding hydrogens is 324 g/mol. The van der Waals surface area contributed by atoms with E-state index in [0.29, 0.717) is 24.3 Å². The van der Waals surface area contributed by atoms with Gasteiger partial charge in [-0.3, -0.25) is 9.59 Å². The van der Waals surface area contributed by atoms with E-state index in [4.69, 9.17) is 16.3 Å². The van der Waals surface area contributed by atoms with Gasteiger partial charge in [0.15, 0.2) is 0 Å². The van der Waals surface area contributed by atoms with Crippen molar-refractivity contribution in [1.29, 1.82) is 0 Å². The van der Waals surface area contributed by atoms with E-state index in [1.165, 1.54) is 7.11 Å². The summed E-state index contributed by atoms with van der Waals surface area (Å²) in [6.45, 7) is 0. The second-order valence-corrected chi connectivity index (χ2v) is 6.13. The lowest BCUT2D eigenvalue weighted by molar-refractivity contribution is -0.142. The standard InChI is InChI=1S/C20H21ClO3/c1-24-20(23)19(16-8-10-17(21)11-9-16)14-13-18(22)12-7-15-5-3-2-4-6-15/h2-6,8-11,19H,7,12-14H2,1H3. The van der Waals surface area contributed by atoms with Gasteiger partial charge >= 0.3 is 5.97 Å². The molecule has 2 rings (SSSR count). The van der Waals surface area contributed by atoms with Gasteiger partial charge in [-0.15, -0.1) is 0 Å². The quantitative estimate of drug-likeness (QED) is 0.658. The van der Waals surface area contributed by atoms with Crippen LogP contribution < -0.4 is 0 Å². The summed E-state index contributed by atoms with van der Waals surface area (Å²) in [7, 11) is 1.36. The van der Waals surface area contributed by atoms with Gasteiger partial charge in [0, 0.05) is 17.9 Å². The second kappa shape index (κ2) is 9.24. The number of carbonyl (C=O) groups excluding carboxylic acids is 2. The molecule has 24 heavy (non-hydrogen) atoms. The number of halogens is 1. The van der Waals surface area contributed by atoms with E-state index in [-0.39, 0.29) is 11.8 Å². The monoisotopic (exact) mass is 344 g/mol. The second-order valence-electron chi connectivity index (χ2n) is 5.69. The number of rotatable bonds is 8. The van der Waals surface area contributed by atoms with Gasteiger partial charge in [0.1, 0.15) is 5.78 Å². The van der Waals surface area contributed by atoms with Crippen molar-refractivity contribution in [3.05, 3.63) is 70.7 Å². The summed E-state index contributed by atoms with van der Waals surface area (Å²) in [6.07, 6.45) is 2.01. The van der Waals surface area contributed by atoms with Gasteiger partial charge in [0.25, 0.3) is 0 Å². The van der Waals surface area contributed by atoms with Gasteiger partial charge < -0.3 is 4.74 Å². The Kier molecular flexibility index (Phi) is 7.01. The molecule has 1 atom stereocenters. The maximum atomic E-state index is 12.1. The van der Waals surface area contributed by atoms with Gasteiger partial charge in [-0.2, -0.15) is 0 Å². The molecule has 3 nitrogen and oxygen atoms in total. The number of hydrogen-bond donors (Lipinski definition) is 0. The fourth-order valence-electron chi connectivity index (χ4n) is 2.62. The molecule has 126 valence electrons. The number of carbonyl (C=O) groups is 2. The molecule has 2 aromatic rings. The van der Waals surface area contributed by atoms with Crippen LogP contribution in [0.2, 0.25) is 5.02 Å². The molecule has 0 saturated carbocycles. The lowest BCUT2D eigenvalue weighted by atomic mass is 9.92. The molecule has 0 N–H and O–H groups in total. The maximum absolute atomic E-state index is 12.1. The van der Waals surface area contributed by atoms with Crippen molar-refractivity contribution in [3.63, 3.8) is 0 Å². The predicted octanol–water partition coefficient (Wildman–Crippen LogP) is 4.58. The highest BCUT2D eigenvalue weighted by Gasteiger charge is 2.22. The summed E-state index contributed by atoms with van der Waals surface area (Å²) in [5.41, 5.74) is 1.97. The van der Waals surface area contributed by atoms with Crippen molar-refractivity contribution in [2.75, 3.05) is 7.11 Å². The Morgan fingerprint density at radius 2 is 1.67 bits per heavy atom. The van der Waals surface area contributed by atoms with E-state index in [2.05, 4.69) is 0 Å². The van der Waals surface area contributed by atoms with E-state index in [9.17, 15) is 9.59 Å². The highest BCUT2D eigenvalue weighted by atomic mass is 35.5. The SMILES string of the molecule is COC(=O)C(CCC(=O)CCc1ccccc1)c1ccc(Cl)cc1. The first-order valence-corrected chi connectivity index (χ1v) is 8.37. The van der Waals surface area contributed by atoms with Gasteiger partial charge in [0.2, 0.25) is 0 Å². The normalized spacial score (nSPS) is 11.8. The summed E-state index contributed by atoms with van der Waals surface area (Å²) in [6, 6.07) is 17.0. The number of esters is 1. The van der Waals surface area contributed by atoms with Crippen molar-refractivity contribution < 1.29 is 14.3 Å². The average molecular weight is 345 g/mol. The fourth-order valence-corrected chi connectivity index (χ4v) is 2.74.